The van der Waals surface area contributed by atoms with E-state index in [0.717, 1.165) is 5.56 Å². The SMILES string of the molecule is CC.CC(C)c1cccc([S-](=N)=O)c1.FCF. The summed E-state index contributed by atoms with van der Waals surface area (Å²) >= 11 is 0. The minimum absolute atomic E-state index is 0.425. The second-order valence-electron chi connectivity index (χ2n) is 3.10. The van der Waals surface area contributed by atoms with Gasteiger partial charge in [0.2, 0.25) is 6.93 Å². The predicted molar refractivity (Wildman–Crippen MR) is 68.0 cm³/mol. The average Bonchev–Trinajstić information content (AvgIpc) is 2.33. The Balaban J connectivity index is 0. The molecule has 0 unspecified atom stereocenters. The summed E-state index contributed by atoms with van der Waals surface area (Å²) in [5.41, 5.74) is 1.13. The summed E-state index contributed by atoms with van der Waals surface area (Å²) in [6.07, 6.45) is 0. The zero-order valence-corrected chi connectivity index (χ0v) is 11.5. The predicted octanol–water partition coefficient (Wildman–Crippen LogP) is 4.80. The summed E-state index contributed by atoms with van der Waals surface area (Å²) in [4.78, 5) is 0.584. The highest BCUT2D eigenvalue weighted by atomic mass is 32.2. The number of rotatable bonds is 2. The molecular formula is C12H20F2NOS-. The Bertz CT molecular complexity index is 357. The largest absolute Gasteiger partial charge is 0.440 e. The molecule has 0 spiro atoms. The second kappa shape index (κ2) is 11.5. The molecule has 1 aromatic carbocycles. The average molecular weight is 264 g/mol. The number of benzene rings is 1. The number of hydrogen-bond donors (Lipinski definition) is 1. The van der Waals surface area contributed by atoms with Gasteiger partial charge in [-0.05, 0) is 11.5 Å². The van der Waals surface area contributed by atoms with Gasteiger partial charge >= 0.3 is 0 Å². The van der Waals surface area contributed by atoms with Gasteiger partial charge in [-0.25, -0.2) is 8.78 Å². The Labute approximate surface area is 104 Å². The molecule has 5 heteroatoms. The molecule has 1 aromatic rings. The van der Waals surface area contributed by atoms with Crippen LogP contribution in [0.1, 0.15) is 39.2 Å². The van der Waals surface area contributed by atoms with E-state index in [1.54, 1.807) is 6.07 Å². The van der Waals surface area contributed by atoms with E-state index in [1.807, 2.05) is 32.0 Å². The van der Waals surface area contributed by atoms with Crippen molar-refractivity contribution in [2.45, 2.75) is 38.5 Å². The van der Waals surface area contributed by atoms with Crippen molar-refractivity contribution in [1.82, 2.24) is 0 Å². The highest BCUT2D eigenvalue weighted by Crippen LogP contribution is 2.16. The Hall–Kier alpha value is -0.970. The summed E-state index contributed by atoms with van der Waals surface area (Å²) < 4.78 is 37.1. The van der Waals surface area contributed by atoms with Gasteiger partial charge in [-0.2, -0.15) is 10.6 Å². The maximum absolute atomic E-state index is 10.8. The van der Waals surface area contributed by atoms with Crippen LogP contribution in [0.25, 0.3) is 0 Å². The van der Waals surface area contributed by atoms with Crippen LogP contribution in [0.5, 0.6) is 0 Å². The van der Waals surface area contributed by atoms with Gasteiger partial charge in [0.15, 0.2) is 0 Å². The van der Waals surface area contributed by atoms with E-state index in [9.17, 15) is 13.0 Å². The molecule has 0 heterocycles. The van der Waals surface area contributed by atoms with Crippen molar-refractivity contribution in [1.29, 1.82) is 4.78 Å². The van der Waals surface area contributed by atoms with Crippen molar-refractivity contribution in [2.75, 3.05) is 6.93 Å². The van der Waals surface area contributed by atoms with E-state index in [1.165, 1.54) is 0 Å². The van der Waals surface area contributed by atoms with Crippen LogP contribution in [-0.2, 0) is 14.8 Å². The molecule has 0 fully saturated rings. The lowest BCUT2D eigenvalue weighted by atomic mass is 10.0. The molecule has 2 nitrogen and oxygen atoms in total. The highest BCUT2D eigenvalue weighted by Gasteiger charge is 1.96. The van der Waals surface area contributed by atoms with Crippen molar-refractivity contribution < 1.29 is 13.0 Å². The van der Waals surface area contributed by atoms with Crippen molar-refractivity contribution in [3.8, 4) is 0 Å². The first-order chi connectivity index (χ1) is 8.02. The molecular weight excluding hydrogens is 244 g/mol. The van der Waals surface area contributed by atoms with Crippen molar-refractivity contribution in [2.24, 2.45) is 0 Å². The van der Waals surface area contributed by atoms with Crippen molar-refractivity contribution >= 4 is 10.6 Å². The molecule has 0 aliphatic carbocycles. The third kappa shape index (κ3) is 8.80. The second-order valence-corrected chi connectivity index (χ2v) is 4.11. The maximum Gasteiger partial charge on any atom is 0.229 e. The summed E-state index contributed by atoms with van der Waals surface area (Å²) in [6, 6.07) is 7.38. The van der Waals surface area contributed by atoms with Gasteiger partial charge in [0, 0.05) is 0 Å². The first-order valence-corrected chi connectivity index (χ1v) is 6.52. The summed E-state index contributed by atoms with van der Waals surface area (Å²) in [5, 5.41) is 0. The van der Waals surface area contributed by atoms with Crippen LogP contribution >= 0.6 is 0 Å². The number of hydrogen-bond acceptors (Lipinski definition) is 3. The van der Waals surface area contributed by atoms with Gasteiger partial charge in [0.25, 0.3) is 0 Å². The van der Waals surface area contributed by atoms with Crippen LogP contribution in [0, 0.1) is 4.78 Å². The van der Waals surface area contributed by atoms with Crippen LogP contribution < -0.4 is 0 Å². The lowest BCUT2D eigenvalue weighted by Crippen LogP contribution is -1.87. The van der Waals surface area contributed by atoms with E-state index in [4.69, 9.17) is 4.78 Å². The van der Waals surface area contributed by atoms with Crippen LogP contribution in [0.15, 0.2) is 29.2 Å². The molecule has 0 amide bonds. The summed E-state index contributed by atoms with van der Waals surface area (Å²) in [5.74, 6) is 0.425. The fourth-order valence-electron chi connectivity index (χ4n) is 0.989. The third-order valence-electron chi connectivity index (χ3n) is 1.74. The summed E-state index contributed by atoms with van der Waals surface area (Å²) in [7, 11) is -1.61. The Morgan fingerprint density at radius 1 is 1.29 bits per heavy atom. The lowest BCUT2D eigenvalue weighted by Gasteiger charge is -2.08. The fraction of sp³-hybridized carbons (Fsp3) is 0.500. The van der Waals surface area contributed by atoms with Gasteiger partial charge in [0.05, 0.1) is 0 Å². The molecule has 0 radical (unpaired) electrons. The van der Waals surface area contributed by atoms with Gasteiger partial charge < -0.3 is 8.99 Å². The topological polar surface area (TPSA) is 40.9 Å². The summed E-state index contributed by atoms with van der Waals surface area (Å²) in [6.45, 7) is 6.40. The highest BCUT2D eigenvalue weighted by molar-refractivity contribution is 7.73. The molecule has 1 N–H and O–H groups in total. The van der Waals surface area contributed by atoms with Gasteiger partial charge in [-0.3, -0.25) is 0 Å². The number of alkyl halides is 2. The van der Waals surface area contributed by atoms with E-state index in [2.05, 4.69) is 13.8 Å². The first-order valence-electron chi connectivity index (χ1n) is 5.37. The molecule has 0 aliphatic rings. The molecule has 0 atom stereocenters. The zero-order chi connectivity index (χ0) is 13.8. The van der Waals surface area contributed by atoms with Crippen molar-refractivity contribution in [3.05, 3.63) is 29.8 Å². The Morgan fingerprint density at radius 2 is 1.76 bits per heavy atom. The Morgan fingerprint density at radius 3 is 2.12 bits per heavy atom. The molecule has 17 heavy (non-hydrogen) atoms. The van der Waals surface area contributed by atoms with Gasteiger partial charge in [-0.1, -0.05) is 56.9 Å². The van der Waals surface area contributed by atoms with Crippen LogP contribution in [0.2, 0.25) is 0 Å². The van der Waals surface area contributed by atoms with E-state index in [0.29, 0.717) is 10.8 Å². The van der Waals surface area contributed by atoms with Crippen LogP contribution in [0.3, 0.4) is 0 Å². The monoisotopic (exact) mass is 264 g/mol. The Kier molecular flexibility index (Phi) is 12.5. The lowest BCUT2D eigenvalue weighted by molar-refractivity contribution is 0.295. The van der Waals surface area contributed by atoms with Crippen LogP contribution in [-0.4, -0.2) is 6.93 Å². The first kappa shape index (κ1) is 18.4. The molecule has 1 rings (SSSR count). The minimum Gasteiger partial charge on any atom is -0.440 e. The standard InChI is InChI=1S/C9H12NOS.C2H6.CH2F2/c1-7(2)8-4-3-5-9(6-8)12(10)11;1-2;2-1-3/h3-7,10H,1-2H3;1-2H3;1H2/q-1;;. The maximum atomic E-state index is 10.8. The smallest absolute Gasteiger partial charge is 0.229 e. The fourth-order valence-corrected chi connectivity index (χ4v) is 1.43. The van der Waals surface area contributed by atoms with Crippen LogP contribution in [0.4, 0.5) is 8.78 Å². The normalized spacial score (nSPS) is 9.18. The minimum atomic E-state index is -1.75. The molecule has 0 bridgehead atoms. The zero-order valence-electron chi connectivity index (χ0n) is 10.7. The van der Waals surface area contributed by atoms with Crippen molar-refractivity contribution in [3.63, 3.8) is 0 Å². The molecule has 100 valence electrons. The molecule has 0 saturated carbocycles. The third-order valence-corrected chi connectivity index (χ3v) is 2.42. The van der Waals surface area contributed by atoms with E-state index < -0.39 is 17.5 Å². The molecule has 0 saturated heterocycles. The number of halogens is 2. The van der Waals surface area contributed by atoms with Gasteiger partial charge in [-0.15, -0.1) is 0 Å². The van der Waals surface area contributed by atoms with Gasteiger partial charge in [0.1, 0.15) is 0 Å². The molecule has 0 aromatic heterocycles. The van der Waals surface area contributed by atoms with E-state index >= 15 is 0 Å². The number of nitrogens with one attached hydrogen (secondary N) is 1. The quantitative estimate of drug-likeness (QED) is 0.765. The molecule has 0 aliphatic heterocycles. The van der Waals surface area contributed by atoms with E-state index in [-0.39, 0.29) is 0 Å².